The van der Waals surface area contributed by atoms with Crippen LogP contribution < -0.4 is 10.6 Å². The van der Waals surface area contributed by atoms with Crippen LogP contribution in [0.4, 0.5) is 20.4 Å². The first-order chi connectivity index (χ1) is 11.1. The quantitative estimate of drug-likeness (QED) is 0.766. The summed E-state index contributed by atoms with van der Waals surface area (Å²) in [5.41, 5.74) is -0.0532. The van der Waals surface area contributed by atoms with Gasteiger partial charge in [-0.1, -0.05) is 0 Å². The van der Waals surface area contributed by atoms with Crippen molar-refractivity contribution in [2.45, 2.75) is 6.42 Å². The molecule has 1 aromatic carbocycles. The molecule has 8 heteroatoms. The predicted octanol–water partition coefficient (Wildman–Crippen LogP) is 2.46. The number of carbonyl (C=O) groups is 1. The number of benzene rings is 1. The van der Waals surface area contributed by atoms with Crippen molar-refractivity contribution in [2.24, 2.45) is 0 Å². The number of rotatable bonds is 7. The van der Waals surface area contributed by atoms with Gasteiger partial charge in [0.2, 0.25) is 5.95 Å². The maximum Gasteiger partial charge on any atom is 0.274 e. The fourth-order valence-electron chi connectivity index (χ4n) is 1.76. The van der Waals surface area contributed by atoms with E-state index >= 15 is 0 Å². The van der Waals surface area contributed by atoms with Crippen molar-refractivity contribution >= 4 is 17.5 Å². The molecule has 0 atom stereocenters. The average molecular weight is 322 g/mol. The molecule has 1 heterocycles. The van der Waals surface area contributed by atoms with E-state index in [4.69, 9.17) is 4.74 Å². The van der Waals surface area contributed by atoms with E-state index in [1.54, 1.807) is 7.11 Å². The highest BCUT2D eigenvalue weighted by Gasteiger charge is 2.12. The zero-order chi connectivity index (χ0) is 16.7. The zero-order valence-corrected chi connectivity index (χ0v) is 12.5. The number of ether oxygens (including phenoxy) is 1. The van der Waals surface area contributed by atoms with Gasteiger partial charge < -0.3 is 15.4 Å². The first kappa shape index (κ1) is 16.8. The molecule has 1 amide bonds. The fourth-order valence-corrected chi connectivity index (χ4v) is 1.76. The summed E-state index contributed by atoms with van der Waals surface area (Å²) < 4.78 is 31.3. The van der Waals surface area contributed by atoms with Crippen LogP contribution >= 0.6 is 0 Å². The van der Waals surface area contributed by atoms with Gasteiger partial charge in [0, 0.05) is 32.5 Å². The Labute approximate surface area is 131 Å². The van der Waals surface area contributed by atoms with Crippen LogP contribution in [-0.2, 0) is 4.74 Å². The third-order valence-corrected chi connectivity index (χ3v) is 2.88. The summed E-state index contributed by atoms with van der Waals surface area (Å²) >= 11 is 0. The highest BCUT2D eigenvalue weighted by molar-refractivity contribution is 6.03. The molecule has 1 aromatic heterocycles. The summed E-state index contributed by atoms with van der Waals surface area (Å²) in [6, 6.07) is 4.30. The molecule has 2 N–H and O–H groups in total. The Kier molecular flexibility index (Phi) is 5.93. The number of nitrogens with one attached hydrogen (secondary N) is 2. The van der Waals surface area contributed by atoms with Gasteiger partial charge in [0.05, 0.1) is 5.69 Å². The number of amides is 1. The number of hydrogen-bond acceptors (Lipinski definition) is 5. The summed E-state index contributed by atoms with van der Waals surface area (Å²) in [5.74, 6) is -1.90. The molecule has 6 nitrogen and oxygen atoms in total. The van der Waals surface area contributed by atoms with Gasteiger partial charge in [-0.05, 0) is 24.6 Å². The Morgan fingerprint density at radius 3 is 2.87 bits per heavy atom. The third kappa shape index (κ3) is 4.96. The Morgan fingerprint density at radius 2 is 2.13 bits per heavy atom. The molecule has 122 valence electrons. The predicted molar refractivity (Wildman–Crippen MR) is 81.3 cm³/mol. The molecular formula is C15H16F2N4O2. The molecule has 2 rings (SSSR count). The monoisotopic (exact) mass is 322 g/mol. The second-order valence-corrected chi connectivity index (χ2v) is 4.62. The van der Waals surface area contributed by atoms with Crippen molar-refractivity contribution in [3.05, 3.63) is 47.8 Å². The second kappa shape index (κ2) is 8.14. The van der Waals surface area contributed by atoms with Gasteiger partial charge in [-0.3, -0.25) is 4.79 Å². The van der Waals surface area contributed by atoms with E-state index in [0.717, 1.165) is 18.6 Å². The van der Waals surface area contributed by atoms with Gasteiger partial charge in [-0.15, -0.1) is 0 Å². The lowest BCUT2D eigenvalue weighted by molar-refractivity contribution is 0.102. The lowest BCUT2D eigenvalue weighted by atomic mass is 10.3. The Hall–Kier alpha value is -2.61. The Balaban J connectivity index is 2.01. The van der Waals surface area contributed by atoms with E-state index < -0.39 is 17.5 Å². The highest BCUT2D eigenvalue weighted by atomic mass is 19.1. The van der Waals surface area contributed by atoms with Crippen molar-refractivity contribution < 1.29 is 18.3 Å². The van der Waals surface area contributed by atoms with Gasteiger partial charge in [-0.2, -0.15) is 0 Å². The van der Waals surface area contributed by atoms with E-state index in [0.29, 0.717) is 19.2 Å². The van der Waals surface area contributed by atoms with E-state index in [9.17, 15) is 13.6 Å². The molecule has 0 aliphatic rings. The minimum Gasteiger partial charge on any atom is -0.385 e. The second-order valence-electron chi connectivity index (χ2n) is 4.62. The lowest BCUT2D eigenvalue weighted by Crippen LogP contribution is -2.16. The maximum atomic E-state index is 13.5. The summed E-state index contributed by atoms with van der Waals surface area (Å²) in [4.78, 5) is 20.1. The van der Waals surface area contributed by atoms with Gasteiger partial charge >= 0.3 is 0 Å². The van der Waals surface area contributed by atoms with Crippen LogP contribution in [0.3, 0.4) is 0 Å². The van der Waals surface area contributed by atoms with Crippen molar-refractivity contribution in [1.82, 2.24) is 9.97 Å². The Bertz CT molecular complexity index is 682. The van der Waals surface area contributed by atoms with Crippen LogP contribution in [0.2, 0.25) is 0 Å². The molecule has 0 spiro atoms. The van der Waals surface area contributed by atoms with Gasteiger partial charge in [0.15, 0.2) is 0 Å². The van der Waals surface area contributed by atoms with Crippen molar-refractivity contribution in [3.63, 3.8) is 0 Å². The largest absolute Gasteiger partial charge is 0.385 e. The van der Waals surface area contributed by atoms with E-state index in [-0.39, 0.29) is 17.3 Å². The number of halogens is 2. The standard InChI is InChI=1S/C15H16F2N4O2/c1-23-8-2-6-18-15-19-7-5-13(21-15)14(22)20-12-4-3-10(16)9-11(12)17/h3-5,7,9H,2,6,8H2,1H3,(H,20,22)(H,18,19,21). The van der Waals surface area contributed by atoms with Crippen LogP contribution in [0, 0.1) is 11.6 Å². The van der Waals surface area contributed by atoms with E-state index in [1.165, 1.54) is 12.3 Å². The molecule has 0 aliphatic carbocycles. The summed E-state index contributed by atoms with van der Waals surface area (Å²) in [7, 11) is 1.61. The first-order valence-corrected chi connectivity index (χ1v) is 6.92. The number of methoxy groups -OCH3 is 1. The summed E-state index contributed by atoms with van der Waals surface area (Å²) in [6.45, 7) is 1.18. The van der Waals surface area contributed by atoms with Gasteiger partial charge in [0.25, 0.3) is 5.91 Å². The number of aromatic nitrogens is 2. The first-order valence-electron chi connectivity index (χ1n) is 6.92. The van der Waals surface area contributed by atoms with Crippen LogP contribution in [0.5, 0.6) is 0 Å². The minimum atomic E-state index is -0.856. The van der Waals surface area contributed by atoms with Crippen LogP contribution in [0.1, 0.15) is 16.9 Å². The van der Waals surface area contributed by atoms with Crippen molar-refractivity contribution in [2.75, 3.05) is 30.9 Å². The number of nitrogens with zero attached hydrogens (tertiary/aromatic N) is 2. The molecule has 0 unspecified atom stereocenters. The average Bonchev–Trinajstić information content (AvgIpc) is 2.54. The van der Waals surface area contributed by atoms with E-state index in [1.807, 2.05) is 0 Å². The number of hydrogen-bond donors (Lipinski definition) is 2. The molecular weight excluding hydrogens is 306 g/mol. The Morgan fingerprint density at radius 1 is 1.30 bits per heavy atom. The SMILES string of the molecule is COCCCNc1nccc(C(=O)Nc2ccc(F)cc2F)n1. The third-order valence-electron chi connectivity index (χ3n) is 2.88. The smallest absolute Gasteiger partial charge is 0.274 e. The summed E-state index contributed by atoms with van der Waals surface area (Å²) in [6.07, 6.45) is 2.18. The summed E-state index contributed by atoms with van der Waals surface area (Å²) in [5, 5.41) is 5.29. The van der Waals surface area contributed by atoms with Crippen LogP contribution in [0.25, 0.3) is 0 Å². The normalized spacial score (nSPS) is 10.4. The van der Waals surface area contributed by atoms with E-state index in [2.05, 4.69) is 20.6 Å². The zero-order valence-electron chi connectivity index (χ0n) is 12.5. The number of carbonyl (C=O) groups excluding carboxylic acids is 1. The molecule has 0 radical (unpaired) electrons. The molecule has 23 heavy (non-hydrogen) atoms. The van der Waals surface area contributed by atoms with Crippen LogP contribution in [0.15, 0.2) is 30.5 Å². The fraction of sp³-hybridized carbons (Fsp3) is 0.267. The van der Waals surface area contributed by atoms with Gasteiger partial charge in [0.1, 0.15) is 17.3 Å². The molecule has 0 fully saturated rings. The van der Waals surface area contributed by atoms with Crippen molar-refractivity contribution in [3.8, 4) is 0 Å². The van der Waals surface area contributed by atoms with Crippen LogP contribution in [-0.4, -0.2) is 36.1 Å². The molecule has 0 saturated carbocycles. The van der Waals surface area contributed by atoms with Crippen molar-refractivity contribution in [1.29, 1.82) is 0 Å². The minimum absolute atomic E-state index is 0.0676. The molecule has 0 bridgehead atoms. The molecule has 0 aliphatic heterocycles. The molecule has 0 saturated heterocycles. The van der Waals surface area contributed by atoms with Gasteiger partial charge in [-0.25, -0.2) is 18.7 Å². The molecule has 2 aromatic rings. The topological polar surface area (TPSA) is 76.1 Å². The maximum absolute atomic E-state index is 13.5. The number of anilines is 2. The lowest BCUT2D eigenvalue weighted by Gasteiger charge is -2.08. The highest BCUT2D eigenvalue weighted by Crippen LogP contribution is 2.15.